The molecule has 3 rings (SSSR count). The Balaban J connectivity index is 0.00000385. The first-order valence-corrected chi connectivity index (χ1v) is 11.6. The Morgan fingerprint density at radius 1 is 1.00 bits per heavy atom. The van der Waals surface area contributed by atoms with Gasteiger partial charge in [-0.3, -0.25) is 4.99 Å². The molecule has 33 heavy (non-hydrogen) atoms. The average molecular weight is 568 g/mol. The van der Waals surface area contributed by atoms with E-state index in [1.165, 1.54) is 16.7 Å². The minimum atomic E-state index is 0. The summed E-state index contributed by atoms with van der Waals surface area (Å²) in [5.74, 6) is 1.74. The highest BCUT2D eigenvalue weighted by atomic mass is 127. The number of ether oxygens (including phenoxy) is 3. The van der Waals surface area contributed by atoms with Crippen LogP contribution in [0.2, 0.25) is 0 Å². The van der Waals surface area contributed by atoms with Gasteiger partial charge in [0.1, 0.15) is 5.75 Å². The number of nitrogens with one attached hydrogen (secondary N) is 2. The van der Waals surface area contributed by atoms with Gasteiger partial charge >= 0.3 is 0 Å². The predicted octanol–water partition coefficient (Wildman–Crippen LogP) is 4.70. The lowest BCUT2D eigenvalue weighted by Crippen LogP contribution is -2.37. The molecule has 0 bridgehead atoms. The van der Waals surface area contributed by atoms with Crippen molar-refractivity contribution in [2.45, 2.75) is 51.4 Å². The van der Waals surface area contributed by atoms with Gasteiger partial charge in [0, 0.05) is 33.4 Å². The third-order valence-corrected chi connectivity index (χ3v) is 5.67. The Labute approximate surface area is 215 Å². The number of guanidine groups is 1. The van der Waals surface area contributed by atoms with Gasteiger partial charge in [0.05, 0.1) is 19.8 Å². The molecule has 6 nitrogen and oxygen atoms in total. The number of methoxy groups -OCH3 is 1. The molecule has 0 unspecified atom stereocenters. The third kappa shape index (κ3) is 10.3. The largest absolute Gasteiger partial charge is 0.497 e. The fourth-order valence-corrected chi connectivity index (χ4v) is 3.75. The van der Waals surface area contributed by atoms with Gasteiger partial charge in [0.25, 0.3) is 0 Å². The van der Waals surface area contributed by atoms with Gasteiger partial charge in [-0.1, -0.05) is 36.4 Å². The molecule has 0 atom stereocenters. The summed E-state index contributed by atoms with van der Waals surface area (Å²) in [6.07, 6.45) is 5.59. The van der Waals surface area contributed by atoms with Crippen LogP contribution < -0.4 is 15.4 Å². The number of halogens is 1. The van der Waals surface area contributed by atoms with Gasteiger partial charge in [-0.2, -0.15) is 0 Å². The minimum Gasteiger partial charge on any atom is -0.497 e. The smallest absolute Gasteiger partial charge is 0.191 e. The van der Waals surface area contributed by atoms with E-state index in [2.05, 4.69) is 52.0 Å². The number of hydrogen-bond donors (Lipinski definition) is 2. The van der Waals surface area contributed by atoms with Crippen molar-refractivity contribution in [2.75, 3.05) is 33.9 Å². The monoisotopic (exact) mass is 567 g/mol. The van der Waals surface area contributed by atoms with Crippen LogP contribution in [0, 0.1) is 0 Å². The second-order valence-corrected chi connectivity index (χ2v) is 8.10. The highest BCUT2D eigenvalue weighted by molar-refractivity contribution is 14.0. The van der Waals surface area contributed by atoms with Gasteiger partial charge in [0.15, 0.2) is 5.96 Å². The Morgan fingerprint density at radius 3 is 2.48 bits per heavy atom. The standard InChI is InChI=1S/C26H37N3O3.HI/c1-27-26(28-15-4-3-6-21-9-11-24(30-2)12-10-21)29-19-22-7-5-8-23(18-22)20-32-25-13-16-31-17-14-25;/h5,7-12,18,25H,3-4,6,13-17,19-20H2,1-2H3,(H2,27,28,29);1H. The van der Waals surface area contributed by atoms with E-state index in [4.69, 9.17) is 14.2 Å². The molecule has 1 aliphatic heterocycles. The van der Waals surface area contributed by atoms with E-state index < -0.39 is 0 Å². The summed E-state index contributed by atoms with van der Waals surface area (Å²) in [5.41, 5.74) is 3.77. The second kappa shape index (κ2) is 15.9. The number of benzene rings is 2. The van der Waals surface area contributed by atoms with E-state index in [-0.39, 0.29) is 24.0 Å². The van der Waals surface area contributed by atoms with Crippen molar-refractivity contribution >= 4 is 29.9 Å². The molecule has 182 valence electrons. The number of hydrogen-bond acceptors (Lipinski definition) is 4. The van der Waals surface area contributed by atoms with Gasteiger partial charge in [0.2, 0.25) is 0 Å². The summed E-state index contributed by atoms with van der Waals surface area (Å²) in [7, 11) is 3.51. The van der Waals surface area contributed by atoms with Gasteiger partial charge < -0.3 is 24.8 Å². The molecule has 1 fully saturated rings. The SMILES string of the molecule is CN=C(NCCCCc1ccc(OC)cc1)NCc1cccc(COC2CCOCC2)c1.I. The summed E-state index contributed by atoms with van der Waals surface area (Å²) in [4.78, 5) is 4.34. The number of nitrogens with zero attached hydrogens (tertiary/aromatic N) is 1. The molecule has 0 aliphatic carbocycles. The first kappa shape index (κ1) is 27.4. The van der Waals surface area contributed by atoms with Crippen LogP contribution in [0.4, 0.5) is 0 Å². The van der Waals surface area contributed by atoms with Crippen LogP contribution in [-0.2, 0) is 29.0 Å². The first-order valence-electron chi connectivity index (χ1n) is 11.6. The maximum absolute atomic E-state index is 6.05. The molecule has 1 saturated heterocycles. The summed E-state index contributed by atoms with van der Waals surface area (Å²) in [5, 5.41) is 6.82. The predicted molar refractivity (Wildman–Crippen MR) is 145 cm³/mol. The average Bonchev–Trinajstić information content (AvgIpc) is 2.85. The zero-order valence-electron chi connectivity index (χ0n) is 19.8. The summed E-state index contributed by atoms with van der Waals surface area (Å²) in [6, 6.07) is 16.9. The molecule has 0 saturated carbocycles. The number of aliphatic imine (C=N–C) groups is 1. The lowest BCUT2D eigenvalue weighted by Gasteiger charge is -2.22. The van der Waals surface area contributed by atoms with Crippen molar-refractivity contribution in [3.05, 3.63) is 65.2 Å². The van der Waals surface area contributed by atoms with Crippen molar-refractivity contribution in [2.24, 2.45) is 4.99 Å². The van der Waals surface area contributed by atoms with E-state index in [1.807, 2.05) is 19.2 Å². The number of rotatable bonds is 11. The molecule has 2 aromatic rings. The van der Waals surface area contributed by atoms with E-state index in [0.29, 0.717) is 12.7 Å². The normalized spacial score (nSPS) is 14.4. The maximum Gasteiger partial charge on any atom is 0.191 e. The molecule has 2 aromatic carbocycles. The Bertz CT molecular complexity index is 824. The van der Waals surface area contributed by atoms with Crippen molar-refractivity contribution < 1.29 is 14.2 Å². The van der Waals surface area contributed by atoms with Gasteiger partial charge in [-0.25, -0.2) is 0 Å². The molecule has 0 spiro atoms. The summed E-state index contributed by atoms with van der Waals surface area (Å²) < 4.78 is 16.7. The van der Waals surface area contributed by atoms with Crippen LogP contribution in [0.1, 0.15) is 42.4 Å². The lowest BCUT2D eigenvalue weighted by molar-refractivity contribution is -0.0390. The van der Waals surface area contributed by atoms with Gasteiger partial charge in [-0.05, 0) is 60.9 Å². The topological polar surface area (TPSA) is 64.1 Å². The molecular formula is C26H38IN3O3. The molecule has 0 amide bonds. The van der Waals surface area contributed by atoms with Crippen molar-refractivity contribution in [3.8, 4) is 5.75 Å². The Kier molecular flexibility index (Phi) is 13.2. The highest BCUT2D eigenvalue weighted by Crippen LogP contribution is 2.15. The van der Waals surface area contributed by atoms with Crippen LogP contribution >= 0.6 is 24.0 Å². The van der Waals surface area contributed by atoms with Crippen molar-refractivity contribution in [3.63, 3.8) is 0 Å². The van der Waals surface area contributed by atoms with Crippen molar-refractivity contribution in [1.82, 2.24) is 10.6 Å². The van der Waals surface area contributed by atoms with E-state index in [9.17, 15) is 0 Å². The Morgan fingerprint density at radius 2 is 1.76 bits per heavy atom. The fourth-order valence-electron chi connectivity index (χ4n) is 3.75. The zero-order chi connectivity index (χ0) is 22.4. The van der Waals surface area contributed by atoms with Crippen molar-refractivity contribution in [1.29, 1.82) is 0 Å². The number of aryl methyl sites for hydroxylation is 1. The number of unbranched alkanes of at least 4 members (excludes halogenated alkanes) is 1. The molecule has 0 aromatic heterocycles. The third-order valence-electron chi connectivity index (χ3n) is 5.67. The Hall–Kier alpha value is -1.84. The maximum atomic E-state index is 6.05. The zero-order valence-corrected chi connectivity index (χ0v) is 22.2. The van der Waals surface area contributed by atoms with Gasteiger partial charge in [-0.15, -0.1) is 24.0 Å². The van der Waals surface area contributed by atoms with E-state index >= 15 is 0 Å². The second-order valence-electron chi connectivity index (χ2n) is 8.10. The molecule has 1 heterocycles. The van der Waals surface area contributed by atoms with Crippen LogP contribution in [0.3, 0.4) is 0 Å². The molecule has 2 N–H and O–H groups in total. The molecule has 0 radical (unpaired) electrons. The lowest BCUT2D eigenvalue weighted by atomic mass is 10.1. The van der Waals surface area contributed by atoms with Crippen LogP contribution in [0.5, 0.6) is 5.75 Å². The van der Waals surface area contributed by atoms with Crippen LogP contribution in [0.15, 0.2) is 53.5 Å². The highest BCUT2D eigenvalue weighted by Gasteiger charge is 2.14. The van der Waals surface area contributed by atoms with E-state index in [0.717, 1.165) is 70.1 Å². The molecule has 7 heteroatoms. The first-order chi connectivity index (χ1) is 15.8. The van der Waals surface area contributed by atoms with E-state index in [1.54, 1.807) is 7.11 Å². The summed E-state index contributed by atoms with van der Waals surface area (Å²) >= 11 is 0. The summed E-state index contributed by atoms with van der Waals surface area (Å²) in [6.45, 7) is 3.90. The fraction of sp³-hybridized carbons (Fsp3) is 0.500. The van der Waals surface area contributed by atoms with Crippen LogP contribution in [0.25, 0.3) is 0 Å². The minimum absolute atomic E-state index is 0. The molecule has 1 aliphatic rings. The van der Waals surface area contributed by atoms with Crippen LogP contribution in [-0.4, -0.2) is 46.0 Å². The molecular weight excluding hydrogens is 529 g/mol. The quantitative estimate of drug-likeness (QED) is 0.179.